The number of amides is 1. The fraction of sp³-hybridized carbons (Fsp3) is 0.0952. The number of fused-ring (bicyclic) bond motifs is 3. The Hall–Kier alpha value is -2.34. The fourth-order valence-electron chi connectivity index (χ4n) is 3.19. The second-order valence-electron chi connectivity index (χ2n) is 6.09. The van der Waals surface area contributed by atoms with Gasteiger partial charge in [0.15, 0.2) is 0 Å². The van der Waals surface area contributed by atoms with Crippen LogP contribution in [0, 0.1) is 3.57 Å². The molecule has 1 aliphatic carbocycles. The molecule has 3 aromatic rings. The van der Waals surface area contributed by atoms with Crippen LogP contribution in [0.1, 0.15) is 11.1 Å². The molecule has 0 radical (unpaired) electrons. The van der Waals surface area contributed by atoms with Crippen LogP contribution in [-0.4, -0.2) is 12.5 Å². The molecule has 0 saturated carbocycles. The zero-order valence-corrected chi connectivity index (χ0v) is 15.7. The lowest BCUT2D eigenvalue weighted by Crippen LogP contribution is -2.22. The number of carbonyl (C=O) groups is 1. The van der Waals surface area contributed by atoms with Crippen LogP contribution < -0.4 is 10.6 Å². The molecule has 3 aromatic carbocycles. The van der Waals surface area contributed by atoms with Gasteiger partial charge in [-0.1, -0.05) is 42.5 Å². The topological polar surface area (TPSA) is 41.1 Å². The standard InChI is InChI=1S/C21H17IN2O/c22-19-7-3-4-8-20(19)24-21(25)13-23-16-9-10-18-15(12-16)11-14-5-1-2-6-17(14)18/h1-10,12,23H,11,13H2,(H,24,25). The maximum Gasteiger partial charge on any atom is 0.243 e. The number of para-hydroxylation sites is 1. The largest absolute Gasteiger partial charge is 0.376 e. The highest BCUT2D eigenvalue weighted by atomic mass is 127. The third-order valence-corrected chi connectivity index (χ3v) is 5.34. The van der Waals surface area contributed by atoms with Crippen LogP contribution in [0.25, 0.3) is 11.1 Å². The first-order valence-corrected chi connectivity index (χ1v) is 9.28. The van der Waals surface area contributed by atoms with Crippen molar-refractivity contribution < 1.29 is 4.79 Å². The molecule has 0 spiro atoms. The summed E-state index contributed by atoms with van der Waals surface area (Å²) >= 11 is 2.22. The third kappa shape index (κ3) is 3.39. The van der Waals surface area contributed by atoms with Crippen molar-refractivity contribution >= 4 is 39.9 Å². The lowest BCUT2D eigenvalue weighted by atomic mass is 10.1. The van der Waals surface area contributed by atoms with Gasteiger partial charge in [0.2, 0.25) is 5.91 Å². The van der Waals surface area contributed by atoms with Gasteiger partial charge in [0, 0.05) is 9.26 Å². The van der Waals surface area contributed by atoms with Crippen LogP contribution in [-0.2, 0) is 11.2 Å². The summed E-state index contributed by atoms with van der Waals surface area (Å²) in [5.74, 6) is -0.0482. The summed E-state index contributed by atoms with van der Waals surface area (Å²) in [5.41, 5.74) is 7.11. The van der Waals surface area contributed by atoms with Crippen molar-refractivity contribution in [2.45, 2.75) is 6.42 Å². The monoisotopic (exact) mass is 440 g/mol. The molecule has 25 heavy (non-hydrogen) atoms. The predicted molar refractivity (Wildman–Crippen MR) is 111 cm³/mol. The van der Waals surface area contributed by atoms with Crippen LogP contribution >= 0.6 is 22.6 Å². The smallest absolute Gasteiger partial charge is 0.243 e. The van der Waals surface area contributed by atoms with Crippen molar-refractivity contribution in [3.63, 3.8) is 0 Å². The Labute approximate surface area is 160 Å². The highest BCUT2D eigenvalue weighted by Crippen LogP contribution is 2.37. The first-order valence-electron chi connectivity index (χ1n) is 8.20. The summed E-state index contributed by atoms with van der Waals surface area (Å²) in [6.07, 6.45) is 0.954. The Balaban J connectivity index is 1.42. The average Bonchev–Trinajstić information content (AvgIpc) is 3.00. The van der Waals surface area contributed by atoms with Gasteiger partial charge in [-0.25, -0.2) is 0 Å². The average molecular weight is 440 g/mol. The highest BCUT2D eigenvalue weighted by Gasteiger charge is 2.17. The Morgan fingerprint density at radius 1 is 0.920 bits per heavy atom. The van der Waals surface area contributed by atoms with Gasteiger partial charge >= 0.3 is 0 Å². The Bertz CT molecular complexity index is 952. The van der Waals surface area contributed by atoms with Crippen LogP contribution in [0.5, 0.6) is 0 Å². The Morgan fingerprint density at radius 2 is 1.68 bits per heavy atom. The van der Waals surface area contributed by atoms with E-state index in [1.165, 1.54) is 22.3 Å². The van der Waals surface area contributed by atoms with E-state index in [-0.39, 0.29) is 12.5 Å². The second-order valence-corrected chi connectivity index (χ2v) is 7.25. The van der Waals surface area contributed by atoms with E-state index < -0.39 is 0 Å². The number of anilines is 2. The van der Waals surface area contributed by atoms with Crippen molar-refractivity contribution in [1.82, 2.24) is 0 Å². The molecule has 1 aliphatic rings. The number of halogens is 1. The molecular weight excluding hydrogens is 423 g/mol. The van der Waals surface area contributed by atoms with E-state index in [1.807, 2.05) is 30.3 Å². The summed E-state index contributed by atoms with van der Waals surface area (Å²) in [4.78, 5) is 12.2. The van der Waals surface area contributed by atoms with Gasteiger partial charge in [-0.3, -0.25) is 4.79 Å². The molecule has 0 aliphatic heterocycles. The lowest BCUT2D eigenvalue weighted by Gasteiger charge is -2.10. The number of nitrogens with one attached hydrogen (secondary N) is 2. The number of rotatable bonds is 4. The fourth-order valence-corrected chi connectivity index (χ4v) is 3.72. The van der Waals surface area contributed by atoms with Crippen molar-refractivity contribution in [2.75, 3.05) is 17.2 Å². The third-order valence-electron chi connectivity index (χ3n) is 4.39. The minimum Gasteiger partial charge on any atom is -0.376 e. The van der Waals surface area contributed by atoms with Crippen molar-refractivity contribution in [3.8, 4) is 11.1 Å². The second kappa shape index (κ2) is 6.88. The molecule has 0 fully saturated rings. The predicted octanol–water partition coefficient (Wildman–Crippen LogP) is 4.91. The van der Waals surface area contributed by atoms with Crippen molar-refractivity contribution in [2.24, 2.45) is 0 Å². The van der Waals surface area contributed by atoms with E-state index in [1.54, 1.807) is 0 Å². The van der Waals surface area contributed by atoms with Crippen LogP contribution in [0.15, 0.2) is 66.7 Å². The van der Waals surface area contributed by atoms with Gasteiger partial charge in [0.25, 0.3) is 0 Å². The molecule has 3 nitrogen and oxygen atoms in total. The molecule has 2 N–H and O–H groups in total. The van der Waals surface area contributed by atoms with Crippen LogP contribution in [0.2, 0.25) is 0 Å². The summed E-state index contributed by atoms with van der Waals surface area (Å²) < 4.78 is 1.03. The Kier molecular flexibility index (Phi) is 4.44. The minimum absolute atomic E-state index is 0.0482. The number of carbonyl (C=O) groups excluding carboxylic acids is 1. The molecule has 0 atom stereocenters. The highest BCUT2D eigenvalue weighted by molar-refractivity contribution is 14.1. The Morgan fingerprint density at radius 3 is 2.56 bits per heavy atom. The van der Waals surface area contributed by atoms with E-state index in [9.17, 15) is 4.79 Å². The summed E-state index contributed by atoms with van der Waals surface area (Å²) in [5, 5.41) is 6.16. The zero-order chi connectivity index (χ0) is 17.2. The molecule has 4 rings (SSSR count). The maximum absolute atomic E-state index is 12.2. The number of benzene rings is 3. The molecule has 124 valence electrons. The quantitative estimate of drug-likeness (QED) is 0.443. The molecule has 0 bridgehead atoms. The van der Waals surface area contributed by atoms with E-state index in [2.05, 4.69) is 69.6 Å². The van der Waals surface area contributed by atoms with E-state index >= 15 is 0 Å². The van der Waals surface area contributed by atoms with Gasteiger partial charge in [-0.2, -0.15) is 0 Å². The summed E-state index contributed by atoms with van der Waals surface area (Å²) in [6, 6.07) is 22.6. The van der Waals surface area contributed by atoms with Gasteiger partial charge in [0.05, 0.1) is 12.2 Å². The van der Waals surface area contributed by atoms with Crippen LogP contribution in [0.4, 0.5) is 11.4 Å². The zero-order valence-electron chi connectivity index (χ0n) is 13.6. The van der Waals surface area contributed by atoms with Crippen molar-refractivity contribution in [3.05, 3.63) is 81.4 Å². The number of hydrogen-bond donors (Lipinski definition) is 2. The SMILES string of the molecule is O=C(CNc1ccc2c(c1)Cc1ccccc1-2)Nc1ccccc1I. The van der Waals surface area contributed by atoms with E-state index in [4.69, 9.17) is 0 Å². The van der Waals surface area contributed by atoms with Gasteiger partial charge < -0.3 is 10.6 Å². The van der Waals surface area contributed by atoms with Crippen molar-refractivity contribution in [1.29, 1.82) is 0 Å². The van der Waals surface area contributed by atoms with E-state index in [0.29, 0.717) is 0 Å². The normalized spacial score (nSPS) is 11.6. The molecule has 0 heterocycles. The molecule has 0 saturated heterocycles. The lowest BCUT2D eigenvalue weighted by molar-refractivity contribution is -0.114. The maximum atomic E-state index is 12.2. The summed E-state index contributed by atoms with van der Waals surface area (Å²) in [7, 11) is 0. The van der Waals surface area contributed by atoms with E-state index in [0.717, 1.165) is 21.4 Å². The molecule has 0 aromatic heterocycles. The van der Waals surface area contributed by atoms with Crippen LogP contribution in [0.3, 0.4) is 0 Å². The van der Waals surface area contributed by atoms with Gasteiger partial charge in [-0.05, 0) is 75.5 Å². The molecule has 0 unspecified atom stereocenters. The van der Waals surface area contributed by atoms with Gasteiger partial charge in [0.1, 0.15) is 0 Å². The van der Waals surface area contributed by atoms with Gasteiger partial charge in [-0.15, -0.1) is 0 Å². The first-order chi connectivity index (χ1) is 12.2. The molecular formula is C21H17IN2O. The molecule has 1 amide bonds. The summed E-state index contributed by atoms with van der Waals surface area (Å²) in [6.45, 7) is 0.247. The number of hydrogen-bond acceptors (Lipinski definition) is 2. The minimum atomic E-state index is -0.0482. The molecule has 4 heteroatoms. The first kappa shape index (κ1) is 16.1.